The summed E-state index contributed by atoms with van der Waals surface area (Å²) in [5.74, 6) is 0.455. The number of hydrogen-bond donors (Lipinski definition) is 0. The van der Waals surface area contributed by atoms with E-state index in [0.717, 1.165) is 12.1 Å². The van der Waals surface area contributed by atoms with Crippen LogP contribution in [0.3, 0.4) is 0 Å². The maximum absolute atomic E-state index is 13.4. The molecule has 8 heteroatoms. The Bertz CT molecular complexity index is 1610. The second-order valence-electron chi connectivity index (χ2n) is 8.24. The molecule has 1 amide bonds. The zero-order valence-corrected chi connectivity index (χ0v) is 19.3. The molecule has 0 bridgehead atoms. The van der Waals surface area contributed by atoms with Crippen molar-refractivity contribution >= 4 is 40.0 Å². The van der Waals surface area contributed by atoms with Crippen molar-refractivity contribution in [1.82, 2.24) is 19.2 Å². The first-order valence-corrected chi connectivity index (χ1v) is 12.0. The van der Waals surface area contributed by atoms with Crippen LogP contribution in [0.15, 0.2) is 88.8 Å². The van der Waals surface area contributed by atoms with Gasteiger partial charge in [0.15, 0.2) is 5.16 Å². The van der Waals surface area contributed by atoms with Crippen molar-refractivity contribution in [3.8, 4) is 5.69 Å². The van der Waals surface area contributed by atoms with Crippen molar-refractivity contribution in [2.75, 3.05) is 11.4 Å². The quantitative estimate of drug-likeness (QED) is 0.372. The lowest BCUT2D eigenvalue weighted by Crippen LogP contribution is -2.35. The van der Waals surface area contributed by atoms with E-state index in [0.29, 0.717) is 34.1 Å². The van der Waals surface area contributed by atoms with Crippen LogP contribution in [0.2, 0.25) is 0 Å². The molecular formula is C26H21N5O2S. The number of anilines is 1. The molecular weight excluding hydrogens is 446 g/mol. The predicted octanol–water partition coefficient (Wildman–Crippen LogP) is 4.10. The Morgan fingerprint density at radius 1 is 0.941 bits per heavy atom. The molecule has 1 atom stereocenters. The van der Waals surface area contributed by atoms with Gasteiger partial charge in [0, 0.05) is 12.2 Å². The van der Waals surface area contributed by atoms with E-state index in [1.54, 1.807) is 10.6 Å². The number of aromatic nitrogens is 4. The number of thioether (sulfide) groups is 1. The molecule has 0 spiro atoms. The summed E-state index contributed by atoms with van der Waals surface area (Å²) in [6.07, 6.45) is 0.862. The van der Waals surface area contributed by atoms with Gasteiger partial charge in [0.05, 0.1) is 21.8 Å². The molecule has 0 radical (unpaired) electrons. The van der Waals surface area contributed by atoms with Crippen LogP contribution < -0.4 is 10.5 Å². The van der Waals surface area contributed by atoms with E-state index in [1.807, 2.05) is 83.0 Å². The van der Waals surface area contributed by atoms with Crippen LogP contribution in [0.5, 0.6) is 0 Å². The first-order chi connectivity index (χ1) is 16.6. The van der Waals surface area contributed by atoms with Gasteiger partial charge in [-0.25, -0.2) is 4.57 Å². The molecule has 0 unspecified atom stereocenters. The maximum atomic E-state index is 13.4. The highest BCUT2D eigenvalue weighted by Gasteiger charge is 2.29. The molecule has 1 aliphatic heterocycles. The summed E-state index contributed by atoms with van der Waals surface area (Å²) >= 11 is 1.36. The first kappa shape index (κ1) is 20.7. The highest BCUT2D eigenvalue weighted by atomic mass is 32.2. The third-order valence-corrected chi connectivity index (χ3v) is 7.22. The summed E-state index contributed by atoms with van der Waals surface area (Å²) in [7, 11) is 0. The van der Waals surface area contributed by atoms with Gasteiger partial charge in [0.1, 0.15) is 0 Å². The topological polar surface area (TPSA) is 72.5 Å². The number of carbonyl (C=O) groups excluding carboxylic acids is 1. The summed E-state index contributed by atoms with van der Waals surface area (Å²) in [6, 6.07) is 24.9. The monoisotopic (exact) mass is 467 g/mol. The molecule has 1 aliphatic rings. The standard InChI is InChI=1S/C26H21N5O2S/c1-17(23(32)29-16-15-18-9-5-7-13-21(18)29)34-26-28-27-25-30(19-10-3-2-4-11-19)24(33)20-12-6-8-14-22(20)31(25)26/h2-14,17H,15-16H2,1H3/t17-/m1/s1. The minimum Gasteiger partial charge on any atom is -0.311 e. The fourth-order valence-corrected chi connectivity index (χ4v) is 5.48. The molecule has 3 heterocycles. The van der Waals surface area contributed by atoms with Crippen LogP contribution >= 0.6 is 11.8 Å². The van der Waals surface area contributed by atoms with Gasteiger partial charge in [0.2, 0.25) is 11.7 Å². The van der Waals surface area contributed by atoms with Gasteiger partial charge in [-0.05, 0) is 49.2 Å². The average Bonchev–Trinajstić information content (AvgIpc) is 3.49. The molecule has 0 N–H and O–H groups in total. The predicted molar refractivity (Wildman–Crippen MR) is 134 cm³/mol. The third-order valence-electron chi connectivity index (χ3n) is 6.19. The summed E-state index contributed by atoms with van der Waals surface area (Å²) in [4.78, 5) is 28.6. The van der Waals surface area contributed by atoms with E-state index < -0.39 is 0 Å². The van der Waals surface area contributed by atoms with Crippen molar-refractivity contribution in [3.05, 3.63) is 94.8 Å². The number of fused-ring (bicyclic) bond motifs is 4. The van der Waals surface area contributed by atoms with E-state index >= 15 is 0 Å². The smallest absolute Gasteiger partial charge is 0.267 e. The van der Waals surface area contributed by atoms with E-state index in [1.165, 1.54) is 17.3 Å². The molecule has 34 heavy (non-hydrogen) atoms. The minimum absolute atomic E-state index is 0.0346. The largest absolute Gasteiger partial charge is 0.311 e. The lowest BCUT2D eigenvalue weighted by molar-refractivity contribution is -0.117. The maximum Gasteiger partial charge on any atom is 0.267 e. The van der Waals surface area contributed by atoms with E-state index in [9.17, 15) is 9.59 Å². The Kier molecular flexibility index (Phi) is 4.95. The van der Waals surface area contributed by atoms with Gasteiger partial charge in [-0.2, -0.15) is 0 Å². The third kappa shape index (κ3) is 3.21. The van der Waals surface area contributed by atoms with Crippen LogP contribution in [-0.2, 0) is 11.2 Å². The zero-order chi connectivity index (χ0) is 23.2. The molecule has 5 aromatic rings. The second-order valence-corrected chi connectivity index (χ2v) is 9.55. The van der Waals surface area contributed by atoms with Crippen LogP contribution in [0, 0.1) is 0 Å². The molecule has 2 aromatic heterocycles. The molecule has 0 saturated heterocycles. The number of para-hydroxylation sites is 3. The highest BCUT2D eigenvalue weighted by Crippen LogP contribution is 2.32. The van der Waals surface area contributed by atoms with Gasteiger partial charge in [-0.15, -0.1) is 10.2 Å². The first-order valence-electron chi connectivity index (χ1n) is 11.1. The summed E-state index contributed by atoms with van der Waals surface area (Å²) in [5, 5.41) is 9.55. The van der Waals surface area contributed by atoms with E-state index in [2.05, 4.69) is 16.3 Å². The van der Waals surface area contributed by atoms with Crippen LogP contribution in [0.25, 0.3) is 22.4 Å². The summed E-state index contributed by atoms with van der Waals surface area (Å²) in [6.45, 7) is 2.57. The Balaban J connectivity index is 1.45. The van der Waals surface area contributed by atoms with E-state index in [4.69, 9.17) is 0 Å². The fourth-order valence-electron chi connectivity index (χ4n) is 4.56. The number of amides is 1. The Morgan fingerprint density at radius 2 is 1.68 bits per heavy atom. The molecule has 0 saturated carbocycles. The molecule has 168 valence electrons. The average molecular weight is 468 g/mol. The van der Waals surface area contributed by atoms with Gasteiger partial charge < -0.3 is 4.90 Å². The van der Waals surface area contributed by atoms with Crippen LogP contribution in [-0.4, -0.2) is 36.9 Å². The highest BCUT2D eigenvalue weighted by molar-refractivity contribution is 8.00. The van der Waals surface area contributed by atoms with Crippen molar-refractivity contribution in [3.63, 3.8) is 0 Å². The van der Waals surface area contributed by atoms with Crippen molar-refractivity contribution in [2.45, 2.75) is 23.8 Å². The van der Waals surface area contributed by atoms with Gasteiger partial charge in [0.25, 0.3) is 5.56 Å². The Morgan fingerprint density at radius 3 is 2.53 bits per heavy atom. The zero-order valence-electron chi connectivity index (χ0n) is 18.5. The number of carbonyl (C=O) groups is 1. The van der Waals surface area contributed by atoms with Crippen molar-refractivity contribution in [1.29, 1.82) is 0 Å². The van der Waals surface area contributed by atoms with Crippen molar-refractivity contribution in [2.24, 2.45) is 0 Å². The fraction of sp³-hybridized carbons (Fsp3) is 0.154. The molecule has 3 aromatic carbocycles. The number of rotatable bonds is 4. The number of hydrogen-bond acceptors (Lipinski definition) is 5. The number of benzene rings is 3. The summed E-state index contributed by atoms with van der Waals surface area (Å²) < 4.78 is 3.44. The Labute approximate surface area is 199 Å². The molecule has 6 rings (SSSR count). The molecule has 7 nitrogen and oxygen atoms in total. The molecule has 0 aliphatic carbocycles. The minimum atomic E-state index is -0.380. The van der Waals surface area contributed by atoms with Crippen LogP contribution in [0.4, 0.5) is 5.69 Å². The van der Waals surface area contributed by atoms with E-state index in [-0.39, 0.29) is 16.7 Å². The molecule has 0 fully saturated rings. The van der Waals surface area contributed by atoms with Gasteiger partial charge >= 0.3 is 0 Å². The van der Waals surface area contributed by atoms with Crippen LogP contribution in [0.1, 0.15) is 12.5 Å². The normalized spacial score (nSPS) is 14.0. The SMILES string of the molecule is C[C@@H](Sc1nnc2n(-c3ccccc3)c(=O)c3ccccc3n12)C(=O)N1CCc2ccccc21. The Hall–Kier alpha value is -3.91. The lowest BCUT2D eigenvalue weighted by atomic mass is 10.2. The summed E-state index contributed by atoms with van der Waals surface area (Å²) in [5.41, 5.74) is 3.45. The van der Waals surface area contributed by atoms with Gasteiger partial charge in [-0.3, -0.25) is 14.0 Å². The van der Waals surface area contributed by atoms with Gasteiger partial charge in [-0.1, -0.05) is 60.3 Å². The number of nitrogens with zero attached hydrogens (tertiary/aromatic N) is 5. The second kappa shape index (κ2) is 8.14. The lowest BCUT2D eigenvalue weighted by Gasteiger charge is -2.21. The van der Waals surface area contributed by atoms with Crippen molar-refractivity contribution < 1.29 is 4.79 Å².